The van der Waals surface area contributed by atoms with E-state index in [0.29, 0.717) is 5.56 Å². The summed E-state index contributed by atoms with van der Waals surface area (Å²) in [5.41, 5.74) is 3.43. The molecule has 1 rings (SSSR count). The molecule has 0 heterocycles. The van der Waals surface area contributed by atoms with Crippen molar-refractivity contribution < 1.29 is 10.2 Å². The van der Waals surface area contributed by atoms with Gasteiger partial charge in [-0.05, 0) is 19.4 Å². The standard InChI is InChI=1S/C11H17NO2/c1-10(13,8-12)11(2,14)9-6-4-3-5-7-9/h3-7,13-14H,8,12H2,1-2H3/t10-,11-/m1/s1. The van der Waals surface area contributed by atoms with Crippen LogP contribution in [-0.2, 0) is 5.60 Å². The van der Waals surface area contributed by atoms with Crippen LogP contribution in [0.25, 0.3) is 0 Å². The number of nitrogens with two attached hydrogens (primary N) is 1. The number of benzene rings is 1. The normalized spacial score (nSPS) is 19.8. The van der Waals surface area contributed by atoms with Crippen molar-refractivity contribution >= 4 is 0 Å². The van der Waals surface area contributed by atoms with Gasteiger partial charge in [0.15, 0.2) is 0 Å². The van der Waals surface area contributed by atoms with Crippen molar-refractivity contribution in [1.82, 2.24) is 0 Å². The lowest BCUT2D eigenvalue weighted by molar-refractivity contribution is -0.130. The molecule has 0 aliphatic carbocycles. The lowest BCUT2D eigenvalue weighted by Gasteiger charge is -2.38. The Morgan fingerprint density at radius 3 is 2.07 bits per heavy atom. The van der Waals surface area contributed by atoms with Crippen molar-refractivity contribution in [2.45, 2.75) is 25.0 Å². The fourth-order valence-electron chi connectivity index (χ4n) is 1.27. The summed E-state index contributed by atoms with van der Waals surface area (Å²) >= 11 is 0. The number of rotatable bonds is 3. The second-order valence-corrected chi connectivity index (χ2v) is 3.92. The molecule has 0 amide bonds. The molecular formula is C11H17NO2. The maximum Gasteiger partial charge on any atom is 0.116 e. The summed E-state index contributed by atoms with van der Waals surface area (Å²) in [6.45, 7) is 3.10. The molecule has 78 valence electrons. The van der Waals surface area contributed by atoms with E-state index in [1.54, 1.807) is 19.1 Å². The van der Waals surface area contributed by atoms with Gasteiger partial charge in [-0.3, -0.25) is 0 Å². The Hall–Kier alpha value is -0.900. The quantitative estimate of drug-likeness (QED) is 0.661. The fourth-order valence-corrected chi connectivity index (χ4v) is 1.27. The Bertz CT molecular complexity index is 293. The molecule has 0 spiro atoms. The van der Waals surface area contributed by atoms with Gasteiger partial charge in [-0.1, -0.05) is 30.3 Å². The van der Waals surface area contributed by atoms with Crippen LogP contribution in [0.5, 0.6) is 0 Å². The molecule has 0 bridgehead atoms. The van der Waals surface area contributed by atoms with Gasteiger partial charge in [0, 0.05) is 6.54 Å². The van der Waals surface area contributed by atoms with E-state index in [1.165, 1.54) is 6.92 Å². The highest BCUT2D eigenvalue weighted by Crippen LogP contribution is 2.31. The highest BCUT2D eigenvalue weighted by molar-refractivity contribution is 5.25. The van der Waals surface area contributed by atoms with Gasteiger partial charge in [-0.2, -0.15) is 0 Å². The van der Waals surface area contributed by atoms with E-state index < -0.39 is 11.2 Å². The molecule has 0 unspecified atom stereocenters. The first-order valence-corrected chi connectivity index (χ1v) is 4.62. The molecule has 0 saturated carbocycles. The third-order valence-corrected chi connectivity index (χ3v) is 2.78. The highest BCUT2D eigenvalue weighted by Gasteiger charge is 2.41. The first-order valence-electron chi connectivity index (χ1n) is 4.62. The van der Waals surface area contributed by atoms with E-state index in [0.717, 1.165) is 0 Å². The van der Waals surface area contributed by atoms with Crippen LogP contribution in [0.3, 0.4) is 0 Å². The number of hydrogen-bond acceptors (Lipinski definition) is 3. The van der Waals surface area contributed by atoms with Gasteiger partial charge in [0.2, 0.25) is 0 Å². The molecule has 14 heavy (non-hydrogen) atoms. The van der Waals surface area contributed by atoms with Crippen molar-refractivity contribution in [2.75, 3.05) is 6.54 Å². The average molecular weight is 195 g/mol. The summed E-state index contributed by atoms with van der Waals surface area (Å²) in [6, 6.07) is 9.03. The SMILES string of the molecule is C[C@@](O)(CN)[C@](C)(O)c1ccccc1. The van der Waals surface area contributed by atoms with Crippen LogP contribution in [0.15, 0.2) is 30.3 Å². The molecule has 3 nitrogen and oxygen atoms in total. The van der Waals surface area contributed by atoms with E-state index in [2.05, 4.69) is 0 Å². The Morgan fingerprint density at radius 1 is 1.14 bits per heavy atom. The smallest absolute Gasteiger partial charge is 0.116 e. The Labute approximate surface area is 84.2 Å². The van der Waals surface area contributed by atoms with Gasteiger partial charge in [0.25, 0.3) is 0 Å². The Kier molecular flexibility index (Phi) is 2.95. The second-order valence-electron chi connectivity index (χ2n) is 3.92. The van der Waals surface area contributed by atoms with Gasteiger partial charge in [-0.25, -0.2) is 0 Å². The van der Waals surface area contributed by atoms with Crippen molar-refractivity contribution in [3.63, 3.8) is 0 Å². The predicted octanol–water partition coefficient (Wildman–Crippen LogP) is 0.604. The van der Waals surface area contributed by atoms with Crippen molar-refractivity contribution in [3.05, 3.63) is 35.9 Å². The van der Waals surface area contributed by atoms with Crippen LogP contribution in [0.2, 0.25) is 0 Å². The minimum absolute atomic E-state index is 0.00882. The van der Waals surface area contributed by atoms with Crippen molar-refractivity contribution in [3.8, 4) is 0 Å². The van der Waals surface area contributed by atoms with E-state index in [9.17, 15) is 10.2 Å². The van der Waals surface area contributed by atoms with Gasteiger partial charge in [-0.15, -0.1) is 0 Å². The van der Waals surface area contributed by atoms with Crippen LogP contribution in [0.1, 0.15) is 19.4 Å². The van der Waals surface area contributed by atoms with E-state index in [4.69, 9.17) is 5.73 Å². The van der Waals surface area contributed by atoms with E-state index in [1.807, 2.05) is 18.2 Å². The maximum absolute atomic E-state index is 10.2. The third kappa shape index (κ3) is 1.80. The first kappa shape index (κ1) is 11.2. The van der Waals surface area contributed by atoms with E-state index in [-0.39, 0.29) is 6.54 Å². The summed E-state index contributed by atoms with van der Waals surface area (Å²) in [6.07, 6.45) is 0. The molecule has 0 saturated heterocycles. The van der Waals surface area contributed by atoms with Crippen LogP contribution >= 0.6 is 0 Å². The molecule has 4 N–H and O–H groups in total. The van der Waals surface area contributed by atoms with Crippen LogP contribution < -0.4 is 5.73 Å². The summed E-state index contributed by atoms with van der Waals surface area (Å²) in [5, 5.41) is 20.1. The van der Waals surface area contributed by atoms with Gasteiger partial charge >= 0.3 is 0 Å². The van der Waals surface area contributed by atoms with Crippen LogP contribution in [0.4, 0.5) is 0 Å². The Balaban J connectivity index is 3.08. The minimum atomic E-state index is -1.33. The zero-order chi connectivity index (χ0) is 10.8. The fraction of sp³-hybridized carbons (Fsp3) is 0.455. The predicted molar refractivity (Wildman–Crippen MR) is 55.7 cm³/mol. The molecular weight excluding hydrogens is 178 g/mol. The number of aliphatic hydroxyl groups is 2. The lowest BCUT2D eigenvalue weighted by Crippen LogP contribution is -2.52. The molecule has 3 heteroatoms. The lowest BCUT2D eigenvalue weighted by atomic mass is 9.80. The maximum atomic E-state index is 10.2. The molecule has 2 atom stereocenters. The van der Waals surface area contributed by atoms with Crippen molar-refractivity contribution in [2.24, 2.45) is 5.73 Å². The number of hydrogen-bond donors (Lipinski definition) is 3. The first-order chi connectivity index (χ1) is 6.42. The van der Waals surface area contributed by atoms with Gasteiger partial charge in [0.1, 0.15) is 11.2 Å². The summed E-state index contributed by atoms with van der Waals surface area (Å²) < 4.78 is 0. The molecule has 0 fully saturated rings. The topological polar surface area (TPSA) is 66.5 Å². The van der Waals surface area contributed by atoms with Crippen molar-refractivity contribution in [1.29, 1.82) is 0 Å². The van der Waals surface area contributed by atoms with Crippen LogP contribution in [-0.4, -0.2) is 22.4 Å². The molecule has 0 aromatic heterocycles. The average Bonchev–Trinajstić information content (AvgIpc) is 2.19. The Morgan fingerprint density at radius 2 is 1.64 bits per heavy atom. The third-order valence-electron chi connectivity index (χ3n) is 2.78. The summed E-state index contributed by atoms with van der Waals surface area (Å²) in [7, 11) is 0. The molecule has 0 radical (unpaired) electrons. The highest BCUT2D eigenvalue weighted by atomic mass is 16.4. The molecule has 0 aliphatic rings. The van der Waals surface area contributed by atoms with Crippen LogP contribution in [0, 0.1) is 0 Å². The largest absolute Gasteiger partial charge is 0.385 e. The van der Waals surface area contributed by atoms with E-state index >= 15 is 0 Å². The van der Waals surface area contributed by atoms with Gasteiger partial charge in [0.05, 0.1) is 0 Å². The summed E-state index contributed by atoms with van der Waals surface area (Å²) in [5.74, 6) is 0. The van der Waals surface area contributed by atoms with Gasteiger partial charge < -0.3 is 15.9 Å². The monoisotopic (exact) mass is 195 g/mol. The zero-order valence-electron chi connectivity index (χ0n) is 8.57. The molecule has 1 aromatic rings. The summed E-state index contributed by atoms with van der Waals surface area (Å²) in [4.78, 5) is 0. The molecule has 1 aromatic carbocycles. The zero-order valence-corrected chi connectivity index (χ0v) is 8.57. The minimum Gasteiger partial charge on any atom is -0.385 e. The second kappa shape index (κ2) is 3.69. The molecule has 0 aliphatic heterocycles.